The lowest BCUT2D eigenvalue weighted by molar-refractivity contribution is -0.0506. The van der Waals surface area contributed by atoms with Gasteiger partial charge in [0.2, 0.25) is 0 Å². The summed E-state index contributed by atoms with van der Waals surface area (Å²) in [5, 5.41) is 0. The molecule has 32 heavy (non-hydrogen) atoms. The van der Waals surface area contributed by atoms with Crippen molar-refractivity contribution >= 4 is 20.2 Å². The molecular formula is C18H16F6O6S2. The normalized spacial score (nSPS) is 28.7. The Kier molecular flexibility index (Phi) is 4.46. The van der Waals surface area contributed by atoms with Crippen molar-refractivity contribution in [3.8, 4) is 11.5 Å². The molecule has 4 aliphatic rings. The maximum absolute atomic E-state index is 13.1. The lowest BCUT2D eigenvalue weighted by atomic mass is 9.81. The van der Waals surface area contributed by atoms with Crippen LogP contribution in [0, 0.1) is 0 Å². The Morgan fingerprint density at radius 3 is 1.03 bits per heavy atom. The second-order valence-electron chi connectivity index (χ2n) is 8.69. The van der Waals surface area contributed by atoms with Crippen molar-refractivity contribution in [3.63, 3.8) is 0 Å². The summed E-state index contributed by atoms with van der Waals surface area (Å²) in [6.07, 6.45) is 2.57. The first kappa shape index (κ1) is 22.1. The zero-order chi connectivity index (χ0) is 23.4. The van der Waals surface area contributed by atoms with Crippen molar-refractivity contribution in [3.05, 3.63) is 22.3 Å². The Hall–Kier alpha value is -1.70. The molecule has 2 saturated carbocycles. The molecule has 4 aliphatic carbocycles. The second kappa shape index (κ2) is 6.45. The van der Waals surface area contributed by atoms with E-state index >= 15 is 0 Å². The van der Waals surface area contributed by atoms with E-state index in [-0.39, 0.29) is 22.3 Å². The van der Waals surface area contributed by atoms with Crippen LogP contribution >= 0.6 is 0 Å². The number of rotatable bonds is 4. The summed E-state index contributed by atoms with van der Waals surface area (Å²) in [7, 11) is -12.1. The van der Waals surface area contributed by atoms with Crippen LogP contribution in [0.5, 0.6) is 11.5 Å². The van der Waals surface area contributed by atoms with E-state index in [1.54, 1.807) is 0 Å². The molecule has 0 spiro atoms. The largest absolute Gasteiger partial charge is 0.534 e. The van der Waals surface area contributed by atoms with Gasteiger partial charge >= 0.3 is 31.3 Å². The number of halogens is 6. The van der Waals surface area contributed by atoms with E-state index in [1.807, 2.05) is 0 Å². The fourth-order valence-electron chi connectivity index (χ4n) is 5.91. The third kappa shape index (κ3) is 2.97. The maximum Gasteiger partial charge on any atom is 0.534 e. The van der Waals surface area contributed by atoms with Crippen molar-refractivity contribution in [2.75, 3.05) is 0 Å². The summed E-state index contributed by atoms with van der Waals surface area (Å²) in [6, 6.07) is 0. The molecule has 4 atom stereocenters. The SMILES string of the molecule is O=S(=O)(Oc1c2c(c(OS(=O)(=O)C(F)(F)F)c3c1[C@@H]1CC[C@H]3C1)[C@H]1CC[C@@H]2C1)C(F)(F)F. The van der Waals surface area contributed by atoms with Crippen LogP contribution in [0.25, 0.3) is 0 Å². The highest BCUT2D eigenvalue weighted by molar-refractivity contribution is 7.88. The van der Waals surface area contributed by atoms with Crippen LogP contribution in [0.15, 0.2) is 0 Å². The van der Waals surface area contributed by atoms with Crippen LogP contribution in [-0.2, 0) is 20.2 Å². The topological polar surface area (TPSA) is 86.7 Å². The maximum atomic E-state index is 13.1. The minimum atomic E-state index is -6.04. The average molecular weight is 506 g/mol. The van der Waals surface area contributed by atoms with Gasteiger partial charge in [-0.2, -0.15) is 43.2 Å². The third-order valence-corrected chi connectivity index (χ3v) is 8.92. The molecule has 4 bridgehead atoms. The van der Waals surface area contributed by atoms with E-state index in [1.165, 1.54) is 0 Å². The minimum Gasteiger partial charge on any atom is -0.375 e. The lowest BCUT2D eigenvalue weighted by Gasteiger charge is -2.29. The smallest absolute Gasteiger partial charge is 0.375 e. The highest BCUT2D eigenvalue weighted by atomic mass is 32.2. The standard InChI is InChI=1S/C18H16F6O6S2/c19-17(20,21)31(25,26)29-15-11-7-1-2-8(5-7)12(11)16(30-32(27,28)18(22,23)24)14-10-4-3-9(6-10)13(14)15/h7-10H,1-6H2/t7-,8+,9-,10+. The molecule has 178 valence electrons. The quantitative estimate of drug-likeness (QED) is 0.329. The summed E-state index contributed by atoms with van der Waals surface area (Å²) < 4.78 is 135. The van der Waals surface area contributed by atoms with E-state index in [0.29, 0.717) is 38.5 Å². The fraction of sp³-hybridized carbons (Fsp3) is 0.667. The summed E-state index contributed by atoms with van der Waals surface area (Å²) in [4.78, 5) is 0. The molecule has 1 aromatic rings. The number of fused-ring (bicyclic) bond motifs is 10. The van der Waals surface area contributed by atoms with Crippen molar-refractivity contribution in [1.29, 1.82) is 0 Å². The molecule has 0 unspecified atom stereocenters. The Balaban J connectivity index is 1.78. The molecule has 14 heteroatoms. The molecule has 0 radical (unpaired) electrons. The van der Waals surface area contributed by atoms with Gasteiger partial charge in [0.15, 0.2) is 11.5 Å². The number of hydrogen-bond donors (Lipinski definition) is 0. The van der Waals surface area contributed by atoms with Crippen LogP contribution in [0.3, 0.4) is 0 Å². The van der Waals surface area contributed by atoms with E-state index in [9.17, 15) is 43.2 Å². The van der Waals surface area contributed by atoms with Crippen LogP contribution < -0.4 is 8.37 Å². The minimum absolute atomic E-state index is 0.0350. The van der Waals surface area contributed by atoms with Gasteiger partial charge in [0.1, 0.15) is 0 Å². The van der Waals surface area contributed by atoms with Gasteiger partial charge in [-0.1, -0.05) is 0 Å². The average Bonchev–Trinajstić information content (AvgIpc) is 3.41. The number of hydrogen-bond acceptors (Lipinski definition) is 6. The van der Waals surface area contributed by atoms with Gasteiger partial charge in [-0.15, -0.1) is 0 Å². The molecule has 0 aliphatic heterocycles. The molecule has 6 nitrogen and oxygen atoms in total. The van der Waals surface area contributed by atoms with Gasteiger partial charge in [-0.25, -0.2) is 0 Å². The summed E-state index contributed by atoms with van der Waals surface area (Å²) in [6.45, 7) is 0. The molecule has 0 saturated heterocycles. The summed E-state index contributed by atoms with van der Waals surface area (Å²) in [5.74, 6) is -2.79. The van der Waals surface area contributed by atoms with Gasteiger partial charge in [0, 0.05) is 22.3 Å². The molecule has 1 aromatic carbocycles. The van der Waals surface area contributed by atoms with E-state index in [4.69, 9.17) is 0 Å². The summed E-state index contributed by atoms with van der Waals surface area (Å²) >= 11 is 0. The monoisotopic (exact) mass is 506 g/mol. The predicted molar refractivity (Wildman–Crippen MR) is 96.3 cm³/mol. The van der Waals surface area contributed by atoms with Gasteiger partial charge < -0.3 is 8.37 Å². The van der Waals surface area contributed by atoms with Gasteiger partial charge in [0.05, 0.1) is 0 Å². The van der Waals surface area contributed by atoms with Crippen LogP contribution in [0.4, 0.5) is 26.3 Å². The van der Waals surface area contributed by atoms with Gasteiger partial charge in [0.25, 0.3) is 0 Å². The third-order valence-electron chi connectivity index (χ3n) is 7.01. The van der Waals surface area contributed by atoms with E-state index in [0.717, 1.165) is 0 Å². The Labute approximate surface area is 179 Å². The van der Waals surface area contributed by atoms with Crippen molar-refractivity contribution < 1.29 is 51.5 Å². The predicted octanol–water partition coefficient (Wildman–Crippen LogP) is 4.87. The van der Waals surface area contributed by atoms with E-state index < -0.39 is 66.4 Å². The molecule has 5 rings (SSSR count). The molecule has 0 N–H and O–H groups in total. The first-order valence-corrected chi connectivity index (χ1v) is 12.7. The Bertz CT molecular complexity index is 1080. The molecule has 0 amide bonds. The second-order valence-corrected chi connectivity index (χ2v) is 11.8. The van der Waals surface area contributed by atoms with Crippen LogP contribution in [0.1, 0.15) is 84.5 Å². The molecule has 0 aromatic heterocycles. The first-order valence-electron chi connectivity index (χ1n) is 9.87. The van der Waals surface area contributed by atoms with Crippen LogP contribution in [0.2, 0.25) is 0 Å². The fourth-order valence-corrected chi connectivity index (χ4v) is 6.89. The van der Waals surface area contributed by atoms with E-state index in [2.05, 4.69) is 8.37 Å². The molecular weight excluding hydrogens is 490 g/mol. The van der Waals surface area contributed by atoms with Gasteiger partial charge in [-0.3, -0.25) is 0 Å². The Morgan fingerprint density at radius 1 is 0.562 bits per heavy atom. The zero-order valence-electron chi connectivity index (χ0n) is 16.1. The molecule has 2 fully saturated rings. The highest BCUT2D eigenvalue weighted by Gasteiger charge is 2.56. The first-order chi connectivity index (χ1) is 14.6. The molecule has 0 heterocycles. The zero-order valence-corrected chi connectivity index (χ0v) is 17.7. The van der Waals surface area contributed by atoms with Crippen LogP contribution in [-0.4, -0.2) is 27.9 Å². The highest BCUT2D eigenvalue weighted by Crippen LogP contribution is 2.67. The number of benzene rings is 1. The van der Waals surface area contributed by atoms with Crippen molar-refractivity contribution in [2.24, 2.45) is 0 Å². The number of alkyl halides is 6. The van der Waals surface area contributed by atoms with Gasteiger partial charge in [-0.05, 0) is 62.2 Å². The lowest BCUT2D eigenvalue weighted by Crippen LogP contribution is -2.30. The van der Waals surface area contributed by atoms with Crippen molar-refractivity contribution in [2.45, 2.75) is 73.2 Å². The Morgan fingerprint density at radius 2 is 0.812 bits per heavy atom. The van der Waals surface area contributed by atoms with Crippen molar-refractivity contribution in [1.82, 2.24) is 0 Å². The summed E-state index contributed by atoms with van der Waals surface area (Å²) in [5.41, 5.74) is -11.3.